The molecule has 0 aliphatic carbocycles. The van der Waals surface area contributed by atoms with Gasteiger partial charge < -0.3 is 37.3 Å². The first kappa shape index (κ1) is 82.9. The van der Waals surface area contributed by atoms with Crippen LogP contribution in [0.4, 0.5) is 68.2 Å². The highest BCUT2D eigenvalue weighted by molar-refractivity contribution is 6.31. The molecule has 27 aromatic rings. The van der Waals surface area contributed by atoms with Gasteiger partial charge in [0.2, 0.25) is 0 Å². The van der Waals surface area contributed by atoms with Gasteiger partial charge in [0.25, 0.3) is 0 Å². The van der Waals surface area contributed by atoms with Crippen LogP contribution in [-0.2, 0) is 23.7 Å². The van der Waals surface area contributed by atoms with Gasteiger partial charge in [0.15, 0.2) is 22.3 Å². The number of hydrogen-bond donors (Lipinski definition) is 0. The van der Waals surface area contributed by atoms with E-state index >= 15 is 0 Å². The van der Waals surface area contributed by atoms with Crippen LogP contribution < -0.4 is 19.6 Å². The number of nitrogens with zero attached hydrogens (tertiary/aromatic N) is 4. The molecule has 0 saturated heterocycles. The highest BCUT2D eigenvalue weighted by atomic mass is 16.3. The first-order chi connectivity index (χ1) is 67.7. The van der Waals surface area contributed by atoms with Crippen molar-refractivity contribution in [2.24, 2.45) is 0 Å². The number of furan rings is 4. The second-order valence-electron chi connectivity index (χ2n) is 38.5. The molecule has 8 heteroatoms. The van der Waals surface area contributed by atoms with Gasteiger partial charge in [-0.3, -0.25) is 0 Å². The molecule has 0 atom stereocenters. The van der Waals surface area contributed by atoms with Crippen molar-refractivity contribution in [3.05, 3.63) is 447 Å². The second kappa shape index (κ2) is 33.0. The van der Waals surface area contributed by atoms with E-state index in [2.05, 4.69) is 463 Å². The van der Waals surface area contributed by atoms with Crippen LogP contribution in [-0.4, -0.2) is 0 Å². The number of anilines is 12. The van der Waals surface area contributed by atoms with Crippen LogP contribution in [0.3, 0.4) is 0 Å². The summed E-state index contributed by atoms with van der Waals surface area (Å²) >= 11 is 0. The first-order valence-corrected chi connectivity index (χ1v) is 48.1. The summed E-state index contributed by atoms with van der Waals surface area (Å²) in [5, 5.41) is 29.3. The van der Waals surface area contributed by atoms with Gasteiger partial charge in [0.1, 0.15) is 22.3 Å². The molecule has 4 heterocycles. The molecule has 0 aliphatic rings. The Morgan fingerprint density at radius 3 is 0.833 bits per heavy atom. The quantitative estimate of drug-likeness (QED) is 0.0606. The van der Waals surface area contributed by atoms with Crippen LogP contribution in [0.1, 0.15) is 77.6 Å². The van der Waals surface area contributed by atoms with E-state index in [0.29, 0.717) is 0 Å². The van der Waals surface area contributed by atoms with E-state index in [-0.39, 0.29) is 10.8 Å². The smallest absolute Gasteiger partial charge is 0.159 e. The lowest BCUT2D eigenvalue weighted by Gasteiger charge is -2.32. The molecule has 0 saturated carbocycles. The Labute approximate surface area is 799 Å². The molecule has 0 radical (unpaired) electrons. The average molecular weight is 1780 g/mol. The van der Waals surface area contributed by atoms with Gasteiger partial charge in [-0.1, -0.05) is 371 Å². The molecule has 662 valence electrons. The summed E-state index contributed by atoms with van der Waals surface area (Å²) in [7, 11) is 0. The predicted octanol–water partition coefficient (Wildman–Crippen LogP) is 38.4. The maximum Gasteiger partial charge on any atom is 0.159 e. The molecule has 0 bridgehead atoms. The Bertz CT molecular complexity index is 9150. The van der Waals surface area contributed by atoms with Gasteiger partial charge in [-0.25, -0.2) is 0 Å². The van der Waals surface area contributed by atoms with E-state index in [0.717, 1.165) is 185 Å². The fraction of sp³-hybridized carbons (Fsp3) is 0.0923. The fourth-order valence-electron chi connectivity index (χ4n) is 22.2. The highest BCUT2D eigenvalue weighted by Crippen LogP contribution is 2.57. The summed E-state index contributed by atoms with van der Waals surface area (Å²) in [6.45, 7) is 18.5. The van der Waals surface area contributed by atoms with Crippen LogP contribution in [0.2, 0.25) is 0 Å². The third kappa shape index (κ3) is 13.5. The third-order valence-electron chi connectivity index (χ3n) is 28.4. The summed E-state index contributed by atoms with van der Waals surface area (Å²) in [6.07, 6.45) is 1.98. The maximum absolute atomic E-state index is 6.71. The van der Waals surface area contributed by atoms with Crippen molar-refractivity contribution in [1.82, 2.24) is 0 Å². The summed E-state index contributed by atoms with van der Waals surface area (Å²) in [5.41, 5.74) is 25.4. The van der Waals surface area contributed by atoms with Crippen LogP contribution in [0.15, 0.2) is 442 Å². The van der Waals surface area contributed by atoms with Crippen molar-refractivity contribution in [3.63, 3.8) is 0 Å². The lowest BCUT2D eigenvalue weighted by molar-refractivity contribution is 0.595. The number of hydrogen-bond acceptors (Lipinski definition) is 8. The number of aryl methyl sites for hydroxylation is 2. The summed E-state index contributed by atoms with van der Waals surface area (Å²) < 4.78 is 26.6. The van der Waals surface area contributed by atoms with E-state index in [9.17, 15) is 0 Å². The lowest BCUT2D eigenvalue weighted by atomic mass is 9.78. The molecule has 27 rings (SSSR count). The average Bonchev–Trinajstić information content (AvgIpc) is 1.02. The Kier molecular flexibility index (Phi) is 19.8. The number of rotatable bonds is 14. The SMILES string of the molecule is CC(C)(C)c1ccc2ccc3c(C(C)(C)C)cc(N(c4ccccc4)c4cccc5c4oc4ccccc45)c4ccc1c2c43.CCc1ccc2ccc3c(CC)cc(N(c4ccccc4)c4cccc5c4oc4ccccc45)c4ccc1c2c34.c1ccc(N(c2c3ccccc3c(N(c3ccccc3)c3cccc4c3oc3ccccc34)c3ccccc23)c2cccc3c2oc2ccccc23)cc1. The van der Waals surface area contributed by atoms with E-state index in [4.69, 9.17) is 17.7 Å². The Hall–Kier alpha value is -16.9. The largest absolute Gasteiger partial charge is 0.454 e. The van der Waals surface area contributed by atoms with Crippen LogP contribution in [0, 0.1) is 0 Å². The molecule has 0 N–H and O–H groups in total. The predicted molar refractivity (Wildman–Crippen MR) is 586 cm³/mol. The van der Waals surface area contributed by atoms with E-state index in [1.165, 1.54) is 92.6 Å². The van der Waals surface area contributed by atoms with Gasteiger partial charge in [-0.2, -0.15) is 0 Å². The van der Waals surface area contributed by atoms with Gasteiger partial charge in [0.05, 0.1) is 45.5 Å². The number of benzene rings is 23. The van der Waals surface area contributed by atoms with Gasteiger partial charge in [0, 0.05) is 98.2 Å². The fourth-order valence-corrected chi connectivity index (χ4v) is 22.2. The van der Waals surface area contributed by atoms with E-state index < -0.39 is 0 Å². The van der Waals surface area contributed by atoms with Gasteiger partial charge in [-0.15, -0.1) is 0 Å². The minimum Gasteiger partial charge on any atom is -0.454 e. The van der Waals surface area contributed by atoms with Gasteiger partial charge >= 0.3 is 0 Å². The van der Waals surface area contributed by atoms with Crippen molar-refractivity contribution in [3.8, 4) is 0 Å². The van der Waals surface area contributed by atoms with Crippen molar-refractivity contribution in [2.75, 3.05) is 19.6 Å². The first-order valence-electron chi connectivity index (χ1n) is 48.1. The summed E-state index contributed by atoms with van der Waals surface area (Å²) in [4.78, 5) is 9.57. The molecule has 23 aromatic carbocycles. The molecule has 138 heavy (non-hydrogen) atoms. The Morgan fingerprint density at radius 1 is 0.188 bits per heavy atom. The third-order valence-corrected chi connectivity index (χ3v) is 28.4. The van der Waals surface area contributed by atoms with Gasteiger partial charge in [-0.05, 0) is 209 Å². The Morgan fingerprint density at radius 2 is 0.457 bits per heavy atom. The molecule has 0 aliphatic heterocycles. The normalized spacial score (nSPS) is 12.1. The summed E-state index contributed by atoms with van der Waals surface area (Å²) in [6, 6.07) is 152. The van der Waals surface area contributed by atoms with Crippen molar-refractivity contribution in [1.29, 1.82) is 0 Å². The van der Waals surface area contributed by atoms with Crippen LogP contribution >= 0.6 is 0 Å². The van der Waals surface area contributed by atoms with Crippen molar-refractivity contribution >= 4 is 242 Å². The zero-order valence-corrected chi connectivity index (χ0v) is 78.3. The minimum atomic E-state index is -0.0718. The second-order valence-corrected chi connectivity index (χ2v) is 38.5. The van der Waals surface area contributed by atoms with Crippen molar-refractivity contribution < 1.29 is 17.7 Å². The monoisotopic (exact) mass is 1780 g/mol. The molecule has 0 amide bonds. The molecule has 0 unspecified atom stereocenters. The molecule has 0 spiro atoms. The topological polar surface area (TPSA) is 65.5 Å². The molecule has 0 fully saturated rings. The number of fused-ring (bicyclic) bond motifs is 14. The zero-order valence-electron chi connectivity index (χ0n) is 78.3. The molecule has 4 aromatic heterocycles. The number of para-hydroxylation sites is 12. The Balaban J connectivity index is 0.000000111. The maximum atomic E-state index is 6.71. The summed E-state index contributed by atoms with van der Waals surface area (Å²) in [5.74, 6) is 0. The van der Waals surface area contributed by atoms with Crippen molar-refractivity contribution in [2.45, 2.75) is 79.1 Å². The lowest BCUT2D eigenvalue weighted by Crippen LogP contribution is -2.16. The van der Waals surface area contributed by atoms with Crippen LogP contribution in [0.25, 0.3) is 174 Å². The molecular formula is C130H98N4O4. The zero-order chi connectivity index (χ0) is 92.8. The van der Waals surface area contributed by atoms with E-state index in [1.54, 1.807) is 0 Å². The highest BCUT2D eigenvalue weighted by Gasteiger charge is 2.33. The molecular weight excluding hydrogens is 1680 g/mol. The minimum absolute atomic E-state index is 0.0327. The molecule has 8 nitrogen and oxygen atoms in total. The van der Waals surface area contributed by atoms with E-state index in [1.807, 2.05) is 36.4 Å². The van der Waals surface area contributed by atoms with Crippen LogP contribution in [0.5, 0.6) is 0 Å². The standard InChI is InChI=1S/C50H32N2O2.C42H37NO.C38H29NO/c1-3-17-33(18-4-1)51(43-29-15-27-41-35-21-11-13-31-45(35)53-49(41)43)47-37-23-7-9-25-39(37)48(40-26-10-8-24-38(40)47)52(34-19-5-2-6-20-34)44-30-16-28-42-36-22-12-14-32-46(36)54-50(42)44;1-41(2,3)33-24-20-26-19-21-31-34(42(4,5)6)25-36(32-23-22-30(33)38(26)39(31)32)43(27-13-8-7-9-14-27)35-17-12-16-29-28-15-10-11-18-37(28)44-40(29)35;1-3-24-17-18-26-19-20-29-25(4-2)23-34(32-22-21-28(24)36(26)37(29)32)39(27-11-6-5-7-12-27)33-15-10-14-31-30-13-8-9-16-35(30)40-38(31)33/h1-32H;7-25H,1-6H3;5-23H,3-4H2,1-2H3.